The molecule has 0 aliphatic carbocycles. The Kier molecular flexibility index (Phi) is 9.43. The fourth-order valence-electron chi connectivity index (χ4n) is 1.61. The summed E-state index contributed by atoms with van der Waals surface area (Å²) >= 11 is 3.43. The average molecular weight is 319 g/mol. The summed E-state index contributed by atoms with van der Waals surface area (Å²) in [7, 11) is 0. The summed E-state index contributed by atoms with van der Waals surface area (Å²) < 4.78 is 6.16. The zero-order valence-electron chi connectivity index (χ0n) is 12.2. The lowest BCUT2D eigenvalue weighted by atomic mass is 10.1. The number of halogens is 1. The SMILES string of the molecule is CCCCCCCC/C(Br)=C/C(=O)OC(C)(C)C. The first-order chi connectivity index (χ1) is 8.35. The lowest BCUT2D eigenvalue weighted by Crippen LogP contribution is -2.22. The van der Waals surface area contributed by atoms with E-state index in [-0.39, 0.29) is 5.97 Å². The van der Waals surface area contributed by atoms with Crippen molar-refractivity contribution in [2.45, 2.75) is 78.2 Å². The molecule has 0 heterocycles. The molecule has 0 radical (unpaired) electrons. The van der Waals surface area contributed by atoms with Crippen LogP contribution in [0.2, 0.25) is 0 Å². The zero-order chi connectivity index (χ0) is 14.0. The van der Waals surface area contributed by atoms with Crippen LogP contribution in [-0.2, 0) is 9.53 Å². The van der Waals surface area contributed by atoms with Crippen molar-refractivity contribution in [2.75, 3.05) is 0 Å². The molecule has 3 heteroatoms. The third-order valence-electron chi connectivity index (χ3n) is 2.45. The Bertz CT molecular complexity index is 264. The Morgan fingerprint density at radius 1 is 1.11 bits per heavy atom. The Morgan fingerprint density at radius 2 is 1.67 bits per heavy atom. The highest BCUT2D eigenvalue weighted by molar-refractivity contribution is 9.11. The normalized spacial score (nSPS) is 12.6. The number of esters is 1. The van der Waals surface area contributed by atoms with Gasteiger partial charge in [0.25, 0.3) is 0 Å². The van der Waals surface area contributed by atoms with E-state index in [1.807, 2.05) is 20.8 Å². The molecular formula is C15H27BrO2. The van der Waals surface area contributed by atoms with Crippen LogP contribution < -0.4 is 0 Å². The number of ether oxygens (including phenoxy) is 1. The summed E-state index contributed by atoms with van der Waals surface area (Å²) in [5, 5.41) is 0. The molecule has 0 saturated carbocycles. The Labute approximate surface area is 120 Å². The summed E-state index contributed by atoms with van der Waals surface area (Å²) in [6, 6.07) is 0. The summed E-state index contributed by atoms with van der Waals surface area (Å²) in [6.45, 7) is 7.85. The molecular weight excluding hydrogens is 292 g/mol. The Hall–Kier alpha value is -0.310. The third-order valence-corrected chi connectivity index (χ3v) is 3.08. The van der Waals surface area contributed by atoms with E-state index in [0.29, 0.717) is 0 Å². The van der Waals surface area contributed by atoms with E-state index in [4.69, 9.17) is 4.74 Å². The van der Waals surface area contributed by atoms with Crippen LogP contribution in [0.15, 0.2) is 10.6 Å². The lowest BCUT2D eigenvalue weighted by molar-refractivity contribution is -0.148. The first kappa shape index (κ1) is 17.7. The van der Waals surface area contributed by atoms with E-state index in [2.05, 4.69) is 22.9 Å². The molecule has 0 aromatic carbocycles. The second-order valence-electron chi connectivity index (χ2n) is 5.64. The predicted octanol–water partition coefficient (Wildman–Crippen LogP) is 5.36. The van der Waals surface area contributed by atoms with Gasteiger partial charge in [-0.05, 0) is 33.6 Å². The first-order valence-electron chi connectivity index (χ1n) is 6.94. The van der Waals surface area contributed by atoms with Gasteiger partial charge in [0.05, 0.1) is 0 Å². The van der Waals surface area contributed by atoms with Gasteiger partial charge in [0.15, 0.2) is 0 Å². The minimum atomic E-state index is -0.416. The Morgan fingerprint density at radius 3 is 2.22 bits per heavy atom. The van der Waals surface area contributed by atoms with Gasteiger partial charge in [0.2, 0.25) is 0 Å². The van der Waals surface area contributed by atoms with Crippen molar-refractivity contribution in [1.29, 1.82) is 0 Å². The van der Waals surface area contributed by atoms with Gasteiger partial charge in [-0.25, -0.2) is 4.79 Å². The number of carbonyl (C=O) groups is 1. The van der Waals surface area contributed by atoms with E-state index >= 15 is 0 Å². The molecule has 106 valence electrons. The van der Waals surface area contributed by atoms with Crippen molar-refractivity contribution in [3.8, 4) is 0 Å². The van der Waals surface area contributed by atoms with Gasteiger partial charge >= 0.3 is 5.97 Å². The van der Waals surface area contributed by atoms with Crippen LogP contribution in [0, 0.1) is 0 Å². The van der Waals surface area contributed by atoms with Gasteiger partial charge in [-0.15, -0.1) is 0 Å². The third kappa shape index (κ3) is 12.2. The van der Waals surface area contributed by atoms with Crippen LogP contribution in [0.4, 0.5) is 0 Å². The molecule has 2 nitrogen and oxygen atoms in total. The van der Waals surface area contributed by atoms with E-state index < -0.39 is 5.60 Å². The minimum Gasteiger partial charge on any atom is -0.457 e. The van der Waals surface area contributed by atoms with Crippen molar-refractivity contribution in [3.63, 3.8) is 0 Å². The molecule has 0 aromatic heterocycles. The van der Waals surface area contributed by atoms with Crippen LogP contribution in [0.1, 0.15) is 72.6 Å². The maximum Gasteiger partial charge on any atom is 0.332 e. The van der Waals surface area contributed by atoms with Crippen molar-refractivity contribution in [2.24, 2.45) is 0 Å². The molecule has 18 heavy (non-hydrogen) atoms. The lowest BCUT2D eigenvalue weighted by Gasteiger charge is -2.18. The van der Waals surface area contributed by atoms with Crippen LogP contribution in [0.5, 0.6) is 0 Å². The summed E-state index contributed by atoms with van der Waals surface area (Å²) in [4.78, 5) is 11.5. The van der Waals surface area contributed by atoms with Crippen molar-refractivity contribution < 1.29 is 9.53 Å². The summed E-state index contributed by atoms with van der Waals surface area (Å²) in [5.41, 5.74) is -0.416. The average Bonchev–Trinajstić information content (AvgIpc) is 2.20. The van der Waals surface area contributed by atoms with Crippen molar-refractivity contribution >= 4 is 21.9 Å². The maximum atomic E-state index is 11.5. The van der Waals surface area contributed by atoms with Gasteiger partial charge in [0, 0.05) is 10.6 Å². The van der Waals surface area contributed by atoms with Gasteiger partial charge in [-0.3, -0.25) is 0 Å². The molecule has 0 atom stereocenters. The summed E-state index contributed by atoms with van der Waals surface area (Å²) in [5.74, 6) is -0.264. The molecule has 0 unspecified atom stereocenters. The molecule has 0 bridgehead atoms. The number of carbonyl (C=O) groups excluding carboxylic acids is 1. The van der Waals surface area contributed by atoms with E-state index in [9.17, 15) is 4.79 Å². The largest absolute Gasteiger partial charge is 0.457 e. The molecule has 0 saturated heterocycles. The number of rotatable bonds is 8. The molecule has 0 spiro atoms. The number of unbranched alkanes of at least 4 members (excludes halogenated alkanes) is 5. The molecule has 0 N–H and O–H groups in total. The zero-order valence-corrected chi connectivity index (χ0v) is 13.8. The van der Waals surface area contributed by atoms with Gasteiger partial charge in [-0.1, -0.05) is 55.0 Å². The number of allylic oxidation sites excluding steroid dienone is 1. The van der Waals surface area contributed by atoms with Gasteiger partial charge in [-0.2, -0.15) is 0 Å². The topological polar surface area (TPSA) is 26.3 Å². The van der Waals surface area contributed by atoms with Gasteiger partial charge < -0.3 is 4.74 Å². The van der Waals surface area contributed by atoms with E-state index in [1.165, 1.54) is 32.1 Å². The Balaban J connectivity index is 3.74. The van der Waals surface area contributed by atoms with Crippen molar-refractivity contribution in [1.82, 2.24) is 0 Å². The molecule has 0 aliphatic heterocycles. The minimum absolute atomic E-state index is 0.264. The fraction of sp³-hybridized carbons (Fsp3) is 0.800. The molecule has 0 aliphatic rings. The molecule has 0 fully saturated rings. The second-order valence-corrected chi connectivity index (χ2v) is 6.66. The van der Waals surface area contributed by atoms with E-state index in [1.54, 1.807) is 6.08 Å². The van der Waals surface area contributed by atoms with Crippen LogP contribution in [0.3, 0.4) is 0 Å². The number of hydrogen-bond donors (Lipinski definition) is 0. The van der Waals surface area contributed by atoms with Crippen LogP contribution >= 0.6 is 15.9 Å². The van der Waals surface area contributed by atoms with Crippen LogP contribution in [-0.4, -0.2) is 11.6 Å². The number of hydrogen-bond acceptors (Lipinski definition) is 2. The van der Waals surface area contributed by atoms with Crippen LogP contribution in [0.25, 0.3) is 0 Å². The first-order valence-corrected chi connectivity index (χ1v) is 7.73. The monoisotopic (exact) mass is 318 g/mol. The van der Waals surface area contributed by atoms with Crippen molar-refractivity contribution in [3.05, 3.63) is 10.6 Å². The highest BCUT2D eigenvalue weighted by Crippen LogP contribution is 2.17. The predicted molar refractivity (Wildman–Crippen MR) is 80.8 cm³/mol. The highest BCUT2D eigenvalue weighted by atomic mass is 79.9. The highest BCUT2D eigenvalue weighted by Gasteiger charge is 2.14. The molecule has 0 rings (SSSR count). The molecule has 0 aromatic rings. The second kappa shape index (κ2) is 9.60. The summed E-state index contributed by atoms with van der Waals surface area (Å²) in [6.07, 6.45) is 10.1. The maximum absolute atomic E-state index is 11.5. The smallest absolute Gasteiger partial charge is 0.332 e. The van der Waals surface area contributed by atoms with Gasteiger partial charge in [0.1, 0.15) is 5.60 Å². The molecule has 0 amide bonds. The standard InChI is InChI=1S/C15H27BrO2/c1-5-6-7-8-9-10-11-13(16)12-14(17)18-15(2,3)4/h12H,5-11H2,1-4H3/b13-12-. The fourth-order valence-corrected chi connectivity index (χ4v) is 2.07. The quantitative estimate of drug-likeness (QED) is 0.342. The van der Waals surface area contributed by atoms with E-state index in [0.717, 1.165) is 17.3 Å².